The lowest BCUT2D eigenvalue weighted by atomic mass is 10.4. The predicted octanol–water partition coefficient (Wildman–Crippen LogP) is 0.802. The molecule has 0 spiro atoms. The normalized spacial score (nSPS) is 18.3. The number of aliphatic imine (C=N–C) groups is 3. The number of hydrogen-bond acceptors (Lipinski definition) is 5. The van der Waals surface area contributed by atoms with Crippen LogP contribution in [0.4, 0.5) is 0 Å². The van der Waals surface area contributed by atoms with E-state index in [1.54, 1.807) is 6.20 Å². The Labute approximate surface area is 73.3 Å². The first-order valence-electron chi connectivity index (χ1n) is 3.74. The first-order chi connectivity index (χ1) is 6.43. The van der Waals surface area contributed by atoms with E-state index >= 15 is 0 Å². The molecule has 0 amide bonds. The average Bonchev–Trinajstić information content (AvgIpc) is 2.78. The summed E-state index contributed by atoms with van der Waals surface area (Å²) in [5.74, 6) is 1.21. The van der Waals surface area contributed by atoms with E-state index < -0.39 is 0 Å². The van der Waals surface area contributed by atoms with Gasteiger partial charge in [0.15, 0.2) is 18.1 Å². The van der Waals surface area contributed by atoms with Gasteiger partial charge < -0.3 is 4.42 Å². The molecule has 0 aromatic carbocycles. The molecule has 0 bridgehead atoms. The number of hydrogen-bond donors (Lipinski definition) is 0. The van der Waals surface area contributed by atoms with Gasteiger partial charge in [-0.05, 0) is 6.08 Å². The second-order valence-electron chi connectivity index (χ2n) is 2.57. The van der Waals surface area contributed by atoms with Crippen LogP contribution in [0, 0.1) is 0 Å². The molecule has 0 N–H and O–H groups in total. The minimum atomic E-state index is 0.562. The molecule has 0 unspecified atom stereocenters. The van der Waals surface area contributed by atoms with Crippen molar-refractivity contribution in [3.05, 3.63) is 30.6 Å². The Morgan fingerprint density at radius 1 is 1.15 bits per heavy atom. The largest absolute Gasteiger partial charge is 0.451 e. The molecule has 2 aliphatic rings. The van der Waals surface area contributed by atoms with Gasteiger partial charge in [-0.2, -0.15) is 0 Å². The Balaban J connectivity index is 2.07. The van der Waals surface area contributed by atoms with Crippen molar-refractivity contribution in [2.45, 2.75) is 0 Å². The number of aromatic nitrogens is 1. The third kappa shape index (κ3) is 0.868. The van der Waals surface area contributed by atoms with Gasteiger partial charge in [0.25, 0.3) is 0 Å². The van der Waals surface area contributed by atoms with Crippen molar-refractivity contribution in [1.29, 1.82) is 0 Å². The average molecular weight is 172 g/mol. The van der Waals surface area contributed by atoms with Crippen LogP contribution in [0.25, 0.3) is 0 Å². The third-order valence-electron chi connectivity index (χ3n) is 1.76. The summed E-state index contributed by atoms with van der Waals surface area (Å²) in [4.78, 5) is 16.3. The van der Waals surface area contributed by atoms with Crippen LogP contribution < -0.4 is 0 Å². The fourth-order valence-electron chi connectivity index (χ4n) is 1.17. The molecule has 13 heavy (non-hydrogen) atoms. The van der Waals surface area contributed by atoms with Crippen LogP contribution in [0.15, 0.2) is 44.3 Å². The van der Waals surface area contributed by atoms with Crippen molar-refractivity contribution in [1.82, 2.24) is 4.98 Å². The molecule has 5 nitrogen and oxygen atoms in total. The molecule has 0 atom stereocenters. The van der Waals surface area contributed by atoms with Crippen molar-refractivity contribution in [2.24, 2.45) is 15.0 Å². The Kier molecular flexibility index (Phi) is 1.11. The highest BCUT2D eigenvalue weighted by atomic mass is 16.3. The Bertz CT molecular complexity index is 464. The molecular weight excluding hydrogens is 168 g/mol. The van der Waals surface area contributed by atoms with Crippen LogP contribution in [0.1, 0.15) is 5.69 Å². The summed E-state index contributed by atoms with van der Waals surface area (Å²) >= 11 is 0. The van der Waals surface area contributed by atoms with Crippen LogP contribution >= 0.6 is 0 Å². The third-order valence-corrected chi connectivity index (χ3v) is 1.76. The maximum Gasteiger partial charge on any atom is 0.184 e. The Morgan fingerprint density at radius 3 is 2.92 bits per heavy atom. The van der Waals surface area contributed by atoms with Crippen LogP contribution in [0.5, 0.6) is 0 Å². The molecule has 2 aliphatic heterocycles. The van der Waals surface area contributed by atoms with Crippen molar-refractivity contribution >= 4 is 17.4 Å². The molecule has 3 heterocycles. The molecule has 0 saturated carbocycles. The molecule has 0 radical (unpaired) electrons. The van der Waals surface area contributed by atoms with E-state index in [4.69, 9.17) is 4.42 Å². The number of rotatable bonds is 1. The minimum Gasteiger partial charge on any atom is -0.451 e. The summed E-state index contributed by atoms with van der Waals surface area (Å²) < 4.78 is 4.83. The van der Waals surface area contributed by atoms with Gasteiger partial charge in [-0.25, -0.2) is 20.0 Å². The molecule has 1 aromatic heterocycles. The van der Waals surface area contributed by atoms with E-state index in [-0.39, 0.29) is 0 Å². The van der Waals surface area contributed by atoms with E-state index in [2.05, 4.69) is 20.0 Å². The lowest BCUT2D eigenvalue weighted by molar-refractivity contribution is 0.557. The highest BCUT2D eigenvalue weighted by Gasteiger charge is 2.20. The second-order valence-corrected chi connectivity index (χ2v) is 2.57. The second kappa shape index (κ2) is 2.22. The van der Waals surface area contributed by atoms with Crippen molar-refractivity contribution in [2.75, 3.05) is 0 Å². The highest BCUT2D eigenvalue weighted by molar-refractivity contribution is 6.53. The standard InChI is InChI=1S/C8H4N4O/c1-2-9-7-5(1)11-8(12-7)6-3-13-4-10-6/h1-4H. The van der Waals surface area contributed by atoms with Crippen LogP contribution in [-0.2, 0) is 0 Å². The predicted molar refractivity (Wildman–Crippen MR) is 47.0 cm³/mol. The van der Waals surface area contributed by atoms with E-state index in [1.165, 1.54) is 12.7 Å². The van der Waals surface area contributed by atoms with Gasteiger partial charge in [0.05, 0.1) is 0 Å². The van der Waals surface area contributed by atoms with Gasteiger partial charge in [-0.15, -0.1) is 0 Å². The monoisotopic (exact) mass is 172 g/mol. The maximum absolute atomic E-state index is 4.83. The van der Waals surface area contributed by atoms with Crippen LogP contribution in [-0.4, -0.2) is 22.4 Å². The summed E-state index contributed by atoms with van der Waals surface area (Å²) in [6.45, 7) is 0. The summed E-state index contributed by atoms with van der Waals surface area (Å²) in [5, 5.41) is 0. The van der Waals surface area contributed by atoms with Crippen molar-refractivity contribution < 1.29 is 4.42 Å². The minimum absolute atomic E-state index is 0.562. The summed E-state index contributed by atoms with van der Waals surface area (Å²) in [6.07, 6.45) is 6.35. The fraction of sp³-hybridized carbons (Fsp3) is 0. The van der Waals surface area contributed by atoms with Crippen molar-refractivity contribution in [3.8, 4) is 0 Å². The van der Waals surface area contributed by atoms with Gasteiger partial charge in [-0.1, -0.05) is 0 Å². The van der Waals surface area contributed by atoms with E-state index in [0.717, 1.165) is 5.71 Å². The van der Waals surface area contributed by atoms with Gasteiger partial charge in [0.2, 0.25) is 0 Å². The molecule has 3 rings (SSSR count). The molecule has 5 heteroatoms. The van der Waals surface area contributed by atoms with Crippen LogP contribution in [0.2, 0.25) is 0 Å². The highest BCUT2D eigenvalue weighted by Crippen LogP contribution is 2.11. The zero-order chi connectivity index (χ0) is 8.67. The number of nitrogens with zero attached hydrogens (tertiary/aromatic N) is 4. The summed E-state index contributed by atoms with van der Waals surface area (Å²) in [7, 11) is 0. The smallest absolute Gasteiger partial charge is 0.184 e. The number of fused-ring (bicyclic) bond motifs is 1. The fourth-order valence-corrected chi connectivity index (χ4v) is 1.17. The molecular formula is C8H4N4O. The molecule has 1 aromatic rings. The first kappa shape index (κ1) is 6.47. The number of oxazole rings is 1. The lowest BCUT2D eigenvalue weighted by Gasteiger charge is -1.85. The van der Waals surface area contributed by atoms with E-state index in [1.807, 2.05) is 6.08 Å². The Morgan fingerprint density at radius 2 is 2.15 bits per heavy atom. The molecule has 0 saturated heterocycles. The van der Waals surface area contributed by atoms with E-state index in [0.29, 0.717) is 17.4 Å². The lowest BCUT2D eigenvalue weighted by Crippen LogP contribution is -1.98. The summed E-state index contributed by atoms with van der Waals surface area (Å²) in [6, 6.07) is 0. The van der Waals surface area contributed by atoms with Crippen molar-refractivity contribution in [3.63, 3.8) is 0 Å². The zero-order valence-electron chi connectivity index (χ0n) is 6.51. The van der Waals surface area contributed by atoms with Crippen LogP contribution in [0.3, 0.4) is 0 Å². The van der Waals surface area contributed by atoms with Gasteiger partial charge in [-0.3, -0.25) is 0 Å². The number of amidine groups is 2. The first-order valence-corrected chi connectivity index (χ1v) is 3.74. The molecule has 0 aliphatic carbocycles. The quantitative estimate of drug-likeness (QED) is 0.628. The summed E-state index contributed by atoms with van der Waals surface area (Å²) in [5.41, 5.74) is 1.43. The Hall–Kier alpha value is -2.04. The molecule has 62 valence electrons. The van der Waals surface area contributed by atoms with Gasteiger partial charge in [0.1, 0.15) is 17.7 Å². The SMILES string of the molecule is C1=CC2=NC(c3cocn3)=NC2=N1. The van der Waals surface area contributed by atoms with E-state index in [9.17, 15) is 0 Å². The topological polar surface area (TPSA) is 63.1 Å². The zero-order valence-corrected chi connectivity index (χ0v) is 6.51. The van der Waals surface area contributed by atoms with Gasteiger partial charge in [0, 0.05) is 6.20 Å². The maximum atomic E-state index is 4.83. The van der Waals surface area contributed by atoms with Gasteiger partial charge >= 0.3 is 0 Å². The molecule has 0 fully saturated rings.